The summed E-state index contributed by atoms with van der Waals surface area (Å²) in [7, 11) is 2.02. The van der Waals surface area contributed by atoms with Gasteiger partial charge in [-0.05, 0) is 87.7 Å². The third-order valence-corrected chi connectivity index (χ3v) is 8.07. The second-order valence-electron chi connectivity index (χ2n) is 10.6. The largest absolute Gasteiger partial charge is 0.345 e. The Morgan fingerprint density at radius 2 is 0.860 bits per heavy atom. The molecule has 43 heavy (non-hydrogen) atoms. The molecule has 0 spiro atoms. The Balaban J connectivity index is 1.26. The molecule has 0 unspecified atom stereocenters. The summed E-state index contributed by atoms with van der Waals surface area (Å²) in [6.45, 7) is 0. The highest BCUT2D eigenvalue weighted by molar-refractivity contribution is 6.04. The SMILES string of the molecule is CN(c1ccc(N=O)cc1)c1ccc(-c2ccc(N(c3cccc4ccccc34)c3cccc4ccccc34)cc2)cc1. The molecule has 206 valence electrons. The lowest BCUT2D eigenvalue weighted by molar-refractivity contribution is 1.21. The first-order valence-corrected chi connectivity index (χ1v) is 14.3. The molecule has 0 fully saturated rings. The molecule has 0 amide bonds. The van der Waals surface area contributed by atoms with Crippen LogP contribution < -0.4 is 9.80 Å². The van der Waals surface area contributed by atoms with Gasteiger partial charge in [-0.1, -0.05) is 97.1 Å². The lowest BCUT2D eigenvalue weighted by Gasteiger charge is -2.28. The second kappa shape index (κ2) is 11.3. The van der Waals surface area contributed by atoms with Gasteiger partial charge in [0.2, 0.25) is 0 Å². The molecule has 0 saturated carbocycles. The summed E-state index contributed by atoms with van der Waals surface area (Å²) < 4.78 is 0. The van der Waals surface area contributed by atoms with Gasteiger partial charge in [0.25, 0.3) is 0 Å². The maximum absolute atomic E-state index is 10.8. The van der Waals surface area contributed by atoms with Gasteiger partial charge in [0.15, 0.2) is 0 Å². The Hall–Kier alpha value is -5.74. The Morgan fingerprint density at radius 1 is 0.442 bits per heavy atom. The maximum Gasteiger partial charge on any atom is 0.108 e. The predicted octanol–water partition coefficient (Wildman–Crippen LogP) is 11.3. The van der Waals surface area contributed by atoms with Crippen LogP contribution >= 0.6 is 0 Å². The van der Waals surface area contributed by atoms with Crippen LogP contribution in [0.5, 0.6) is 0 Å². The quantitative estimate of drug-likeness (QED) is 0.184. The maximum atomic E-state index is 10.8. The van der Waals surface area contributed by atoms with Crippen molar-refractivity contribution in [3.63, 3.8) is 0 Å². The van der Waals surface area contributed by atoms with E-state index in [-0.39, 0.29) is 0 Å². The molecule has 0 atom stereocenters. The van der Waals surface area contributed by atoms with E-state index in [1.54, 1.807) is 12.1 Å². The van der Waals surface area contributed by atoms with Crippen molar-refractivity contribution in [2.75, 3.05) is 16.8 Å². The third kappa shape index (κ3) is 5.00. The van der Waals surface area contributed by atoms with Gasteiger partial charge in [0, 0.05) is 34.9 Å². The molecule has 0 radical (unpaired) electrons. The first-order valence-electron chi connectivity index (χ1n) is 14.3. The van der Waals surface area contributed by atoms with Crippen molar-refractivity contribution in [2.45, 2.75) is 0 Å². The van der Waals surface area contributed by atoms with Crippen molar-refractivity contribution in [3.8, 4) is 11.1 Å². The van der Waals surface area contributed by atoms with E-state index in [4.69, 9.17) is 0 Å². The number of benzene rings is 7. The lowest BCUT2D eigenvalue weighted by atomic mass is 10.0. The number of fused-ring (bicyclic) bond motifs is 2. The van der Waals surface area contributed by atoms with Crippen molar-refractivity contribution in [3.05, 3.63) is 163 Å². The van der Waals surface area contributed by atoms with Crippen LogP contribution in [0.25, 0.3) is 32.7 Å². The van der Waals surface area contributed by atoms with Crippen molar-refractivity contribution >= 4 is 55.7 Å². The van der Waals surface area contributed by atoms with Gasteiger partial charge in [-0.25, -0.2) is 0 Å². The van der Waals surface area contributed by atoms with Gasteiger partial charge in [0.05, 0.1) is 11.4 Å². The molecule has 7 aromatic rings. The van der Waals surface area contributed by atoms with Crippen LogP contribution in [0.2, 0.25) is 0 Å². The molecule has 0 aromatic heterocycles. The average molecular weight is 556 g/mol. The van der Waals surface area contributed by atoms with Gasteiger partial charge in [-0.3, -0.25) is 0 Å². The van der Waals surface area contributed by atoms with E-state index in [0.29, 0.717) is 5.69 Å². The average Bonchev–Trinajstić information content (AvgIpc) is 3.09. The smallest absolute Gasteiger partial charge is 0.108 e. The Bertz CT molecular complexity index is 1960. The number of nitrogens with zero attached hydrogens (tertiary/aromatic N) is 3. The highest BCUT2D eigenvalue weighted by atomic mass is 16.3. The van der Waals surface area contributed by atoms with Crippen LogP contribution in [0, 0.1) is 4.91 Å². The predicted molar refractivity (Wildman–Crippen MR) is 182 cm³/mol. The van der Waals surface area contributed by atoms with Crippen molar-refractivity contribution in [2.24, 2.45) is 5.18 Å². The molecule has 7 rings (SSSR count). The fourth-order valence-corrected chi connectivity index (χ4v) is 5.78. The minimum Gasteiger partial charge on any atom is -0.345 e. The number of hydrogen-bond donors (Lipinski definition) is 0. The van der Waals surface area contributed by atoms with E-state index in [1.165, 1.54) is 21.5 Å². The lowest BCUT2D eigenvalue weighted by Crippen LogP contribution is -2.11. The van der Waals surface area contributed by atoms with E-state index in [1.807, 2.05) is 19.2 Å². The minimum atomic E-state index is 0.426. The summed E-state index contributed by atoms with van der Waals surface area (Å²) in [6.07, 6.45) is 0. The standard InChI is InChI=1S/C39H29N3O/c1-41(34-26-20-32(40-43)21-27-34)33-22-16-28(17-23-33)29-18-24-35(25-19-29)42(38-14-6-10-30-8-2-4-12-36(30)38)39-15-7-11-31-9-3-5-13-37(31)39/h2-27H,1H3. The van der Waals surface area contributed by atoms with Gasteiger partial charge in [-0.15, -0.1) is 4.91 Å². The fourth-order valence-electron chi connectivity index (χ4n) is 5.78. The summed E-state index contributed by atoms with van der Waals surface area (Å²) in [5.41, 5.74) is 8.16. The number of nitroso groups, excluding NO2 is 1. The van der Waals surface area contributed by atoms with Gasteiger partial charge >= 0.3 is 0 Å². The van der Waals surface area contributed by atoms with Crippen molar-refractivity contribution in [1.82, 2.24) is 0 Å². The Morgan fingerprint density at radius 3 is 1.35 bits per heavy atom. The van der Waals surface area contributed by atoms with Crippen LogP contribution in [0.4, 0.5) is 34.1 Å². The summed E-state index contributed by atoms with van der Waals surface area (Å²) in [4.78, 5) is 15.2. The molecule has 0 aliphatic rings. The molecule has 0 bridgehead atoms. The second-order valence-corrected chi connectivity index (χ2v) is 10.6. The fraction of sp³-hybridized carbons (Fsp3) is 0.0256. The molecule has 0 saturated heterocycles. The monoisotopic (exact) mass is 555 g/mol. The molecule has 0 aliphatic heterocycles. The summed E-state index contributed by atoms with van der Waals surface area (Å²) in [6, 6.07) is 54.8. The zero-order valence-corrected chi connectivity index (χ0v) is 23.8. The minimum absolute atomic E-state index is 0.426. The van der Waals surface area contributed by atoms with Gasteiger partial charge < -0.3 is 9.80 Å². The van der Waals surface area contributed by atoms with Crippen LogP contribution in [0.15, 0.2) is 163 Å². The van der Waals surface area contributed by atoms with Crippen LogP contribution in [-0.2, 0) is 0 Å². The molecule has 0 N–H and O–H groups in total. The third-order valence-electron chi connectivity index (χ3n) is 8.07. The summed E-state index contributed by atoms with van der Waals surface area (Å²) in [5, 5.41) is 7.83. The van der Waals surface area contributed by atoms with E-state index < -0.39 is 0 Å². The van der Waals surface area contributed by atoms with Gasteiger partial charge in [-0.2, -0.15) is 0 Å². The van der Waals surface area contributed by atoms with E-state index >= 15 is 0 Å². The molecular formula is C39H29N3O. The van der Waals surface area contributed by atoms with E-state index in [2.05, 4.69) is 148 Å². The van der Waals surface area contributed by atoms with E-state index in [9.17, 15) is 4.91 Å². The van der Waals surface area contributed by atoms with Crippen molar-refractivity contribution in [1.29, 1.82) is 0 Å². The first kappa shape index (κ1) is 26.2. The molecule has 4 nitrogen and oxygen atoms in total. The highest BCUT2D eigenvalue weighted by Crippen LogP contribution is 2.42. The van der Waals surface area contributed by atoms with Crippen LogP contribution in [-0.4, -0.2) is 7.05 Å². The molecule has 0 heterocycles. The number of hydrogen-bond acceptors (Lipinski definition) is 4. The van der Waals surface area contributed by atoms with Crippen LogP contribution in [0.3, 0.4) is 0 Å². The zero-order valence-electron chi connectivity index (χ0n) is 23.8. The Kier molecular flexibility index (Phi) is 6.86. The molecule has 0 aliphatic carbocycles. The van der Waals surface area contributed by atoms with E-state index in [0.717, 1.165) is 39.6 Å². The first-order chi connectivity index (χ1) is 21.2. The van der Waals surface area contributed by atoms with Gasteiger partial charge in [0.1, 0.15) is 5.69 Å². The highest BCUT2D eigenvalue weighted by Gasteiger charge is 2.17. The number of rotatable bonds is 7. The molecular weight excluding hydrogens is 526 g/mol. The normalized spacial score (nSPS) is 11.0. The topological polar surface area (TPSA) is 35.9 Å². The Labute approximate surface area is 251 Å². The summed E-state index contributed by atoms with van der Waals surface area (Å²) >= 11 is 0. The molecule has 4 heteroatoms. The summed E-state index contributed by atoms with van der Waals surface area (Å²) in [5.74, 6) is 0. The number of anilines is 5. The molecule has 7 aromatic carbocycles. The zero-order chi connectivity index (χ0) is 29.2. The van der Waals surface area contributed by atoms with Crippen molar-refractivity contribution < 1.29 is 0 Å². The van der Waals surface area contributed by atoms with Crippen LogP contribution in [0.1, 0.15) is 0 Å².